The Hall–Kier alpha value is -1.79. The molecule has 0 radical (unpaired) electrons. The van der Waals surface area contributed by atoms with Crippen LogP contribution in [0.1, 0.15) is 33.4 Å². The molecule has 1 aliphatic rings. The van der Waals surface area contributed by atoms with Crippen molar-refractivity contribution in [3.05, 3.63) is 51.7 Å². The zero-order chi connectivity index (χ0) is 14.1. The van der Waals surface area contributed by atoms with Gasteiger partial charge >= 0.3 is 0 Å². The van der Waals surface area contributed by atoms with Crippen LogP contribution in [0, 0.1) is 5.82 Å². The summed E-state index contributed by atoms with van der Waals surface area (Å²) in [5.74, 6) is -0.237. The standard InChI is InChI=1S/C14H14FN3OS/c15-9-3-1-2-8(4-9)10-5-11(10)18-14(19)12-7-20-13(6-16)17-12/h1-4,7,10-11H,5-6,16H2,(H,18,19). The summed E-state index contributed by atoms with van der Waals surface area (Å²) in [5, 5.41) is 5.37. The maximum atomic E-state index is 13.1. The van der Waals surface area contributed by atoms with Gasteiger partial charge in [-0.25, -0.2) is 9.37 Å². The van der Waals surface area contributed by atoms with Crippen molar-refractivity contribution in [2.75, 3.05) is 0 Å². The third-order valence-electron chi connectivity index (χ3n) is 3.34. The fourth-order valence-electron chi connectivity index (χ4n) is 2.21. The highest BCUT2D eigenvalue weighted by molar-refractivity contribution is 7.09. The van der Waals surface area contributed by atoms with Crippen molar-refractivity contribution in [3.8, 4) is 0 Å². The number of carbonyl (C=O) groups excluding carboxylic acids is 1. The monoisotopic (exact) mass is 291 g/mol. The van der Waals surface area contributed by atoms with E-state index in [1.165, 1.54) is 23.5 Å². The first-order valence-corrected chi connectivity index (χ1v) is 7.26. The van der Waals surface area contributed by atoms with Gasteiger partial charge in [0.15, 0.2) is 0 Å². The summed E-state index contributed by atoms with van der Waals surface area (Å²) in [6, 6.07) is 6.58. The van der Waals surface area contributed by atoms with Gasteiger partial charge in [-0.3, -0.25) is 4.79 Å². The summed E-state index contributed by atoms with van der Waals surface area (Å²) in [5.41, 5.74) is 6.80. The van der Waals surface area contributed by atoms with Crippen molar-refractivity contribution in [2.45, 2.75) is 24.9 Å². The molecule has 1 heterocycles. The Balaban J connectivity index is 1.61. The molecule has 2 aromatic rings. The number of amides is 1. The van der Waals surface area contributed by atoms with Crippen molar-refractivity contribution in [3.63, 3.8) is 0 Å². The fraction of sp³-hybridized carbons (Fsp3) is 0.286. The number of benzene rings is 1. The van der Waals surface area contributed by atoms with E-state index in [9.17, 15) is 9.18 Å². The smallest absolute Gasteiger partial charge is 0.270 e. The van der Waals surface area contributed by atoms with Gasteiger partial charge in [0.05, 0.1) is 0 Å². The zero-order valence-corrected chi connectivity index (χ0v) is 11.5. The van der Waals surface area contributed by atoms with Crippen molar-refractivity contribution in [2.24, 2.45) is 5.73 Å². The highest BCUT2D eigenvalue weighted by atomic mass is 32.1. The molecule has 6 heteroatoms. The molecule has 1 saturated carbocycles. The quantitative estimate of drug-likeness (QED) is 0.905. The number of hydrogen-bond donors (Lipinski definition) is 2. The molecule has 1 aliphatic carbocycles. The SMILES string of the molecule is NCc1nc(C(=O)NC2CC2c2cccc(F)c2)cs1. The van der Waals surface area contributed by atoms with Crippen molar-refractivity contribution in [1.29, 1.82) is 0 Å². The Bertz CT molecular complexity index is 643. The third kappa shape index (κ3) is 2.71. The average molecular weight is 291 g/mol. The molecule has 1 fully saturated rings. The summed E-state index contributed by atoms with van der Waals surface area (Å²) in [4.78, 5) is 16.1. The molecule has 1 aromatic carbocycles. The highest BCUT2D eigenvalue weighted by Gasteiger charge is 2.40. The van der Waals surface area contributed by atoms with Gasteiger partial charge in [0.1, 0.15) is 16.5 Å². The van der Waals surface area contributed by atoms with E-state index >= 15 is 0 Å². The molecule has 0 bridgehead atoms. The van der Waals surface area contributed by atoms with Crippen LogP contribution in [0.25, 0.3) is 0 Å². The number of thiazole rings is 1. The van der Waals surface area contributed by atoms with Gasteiger partial charge in [-0.2, -0.15) is 0 Å². The van der Waals surface area contributed by atoms with Crippen LogP contribution in [-0.2, 0) is 6.54 Å². The molecule has 104 valence electrons. The number of nitrogens with zero attached hydrogens (tertiary/aromatic N) is 1. The summed E-state index contributed by atoms with van der Waals surface area (Å²) in [6.07, 6.45) is 0.836. The van der Waals surface area contributed by atoms with E-state index < -0.39 is 0 Å². The second kappa shape index (κ2) is 5.30. The van der Waals surface area contributed by atoms with E-state index in [4.69, 9.17) is 5.73 Å². The number of nitrogens with two attached hydrogens (primary N) is 1. The van der Waals surface area contributed by atoms with Crippen LogP contribution >= 0.6 is 11.3 Å². The molecule has 1 aromatic heterocycles. The molecular weight excluding hydrogens is 277 g/mol. The van der Waals surface area contributed by atoms with E-state index in [-0.39, 0.29) is 23.7 Å². The Kier molecular flexibility index (Phi) is 3.50. The molecular formula is C14H14FN3OS. The number of halogens is 1. The van der Waals surface area contributed by atoms with Crippen LogP contribution in [0.5, 0.6) is 0 Å². The number of nitrogens with one attached hydrogen (secondary N) is 1. The Morgan fingerprint density at radius 2 is 2.40 bits per heavy atom. The predicted octanol–water partition coefficient (Wildman–Crippen LogP) is 2.03. The minimum atomic E-state index is -0.244. The lowest BCUT2D eigenvalue weighted by Gasteiger charge is -2.03. The summed E-state index contributed by atoms with van der Waals surface area (Å²) in [7, 11) is 0. The highest BCUT2D eigenvalue weighted by Crippen LogP contribution is 2.41. The van der Waals surface area contributed by atoms with Crippen LogP contribution in [0.3, 0.4) is 0 Å². The molecule has 1 amide bonds. The van der Waals surface area contributed by atoms with Gasteiger partial charge in [-0.1, -0.05) is 12.1 Å². The van der Waals surface area contributed by atoms with Gasteiger partial charge in [0, 0.05) is 23.9 Å². The van der Waals surface area contributed by atoms with Crippen molar-refractivity contribution >= 4 is 17.2 Å². The van der Waals surface area contributed by atoms with Gasteiger partial charge in [0.25, 0.3) is 5.91 Å². The predicted molar refractivity (Wildman–Crippen MR) is 75.0 cm³/mol. The van der Waals surface area contributed by atoms with Crippen LogP contribution in [0.2, 0.25) is 0 Å². The van der Waals surface area contributed by atoms with Gasteiger partial charge in [0.2, 0.25) is 0 Å². The van der Waals surface area contributed by atoms with E-state index in [2.05, 4.69) is 10.3 Å². The molecule has 2 atom stereocenters. The van der Waals surface area contributed by atoms with Gasteiger partial charge < -0.3 is 11.1 Å². The van der Waals surface area contributed by atoms with Crippen molar-refractivity contribution < 1.29 is 9.18 Å². The number of hydrogen-bond acceptors (Lipinski definition) is 4. The van der Waals surface area contributed by atoms with E-state index in [0.29, 0.717) is 12.2 Å². The molecule has 4 nitrogen and oxygen atoms in total. The van der Waals surface area contributed by atoms with Crippen LogP contribution in [0.15, 0.2) is 29.6 Å². The van der Waals surface area contributed by atoms with E-state index in [0.717, 1.165) is 17.0 Å². The maximum Gasteiger partial charge on any atom is 0.270 e. The van der Waals surface area contributed by atoms with Crippen LogP contribution in [-0.4, -0.2) is 16.9 Å². The Morgan fingerprint density at radius 1 is 1.55 bits per heavy atom. The van der Waals surface area contributed by atoms with Gasteiger partial charge in [-0.05, 0) is 24.1 Å². The number of aromatic nitrogens is 1. The zero-order valence-electron chi connectivity index (χ0n) is 10.7. The summed E-state index contributed by atoms with van der Waals surface area (Å²) in [6.45, 7) is 0.341. The maximum absolute atomic E-state index is 13.1. The summed E-state index contributed by atoms with van der Waals surface area (Å²) >= 11 is 1.38. The first-order chi connectivity index (χ1) is 9.67. The average Bonchev–Trinajstić information content (AvgIpc) is 3.03. The lowest BCUT2D eigenvalue weighted by Crippen LogP contribution is -2.26. The first-order valence-electron chi connectivity index (χ1n) is 6.38. The molecule has 0 aliphatic heterocycles. The number of carbonyl (C=O) groups is 1. The molecule has 0 spiro atoms. The minimum absolute atomic E-state index is 0.0623. The largest absolute Gasteiger partial charge is 0.347 e. The molecule has 20 heavy (non-hydrogen) atoms. The normalized spacial score (nSPS) is 20.7. The summed E-state index contributed by atoms with van der Waals surface area (Å²) < 4.78 is 13.1. The molecule has 2 unspecified atom stereocenters. The topological polar surface area (TPSA) is 68.0 Å². The molecule has 0 saturated heterocycles. The lowest BCUT2D eigenvalue weighted by molar-refractivity contribution is 0.0946. The second-order valence-corrected chi connectivity index (χ2v) is 5.75. The molecule has 3 rings (SSSR count). The van der Waals surface area contributed by atoms with Crippen LogP contribution in [0.4, 0.5) is 4.39 Å². The fourth-order valence-corrected chi connectivity index (χ4v) is 2.87. The van der Waals surface area contributed by atoms with E-state index in [1.54, 1.807) is 11.4 Å². The molecule has 3 N–H and O–H groups in total. The third-order valence-corrected chi connectivity index (χ3v) is 4.21. The first kappa shape index (κ1) is 13.2. The second-order valence-electron chi connectivity index (χ2n) is 4.81. The lowest BCUT2D eigenvalue weighted by atomic mass is 10.1. The Labute approximate surface area is 119 Å². The van der Waals surface area contributed by atoms with E-state index in [1.807, 2.05) is 6.07 Å². The van der Waals surface area contributed by atoms with Gasteiger partial charge in [-0.15, -0.1) is 11.3 Å². The number of rotatable bonds is 4. The Morgan fingerprint density at radius 3 is 3.10 bits per heavy atom. The van der Waals surface area contributed by atoms with Crippen molar-refractivity contribution in [1.82, 2.24) is 10.3 Å². The van der Waals surface area contributed by atoms with Crippen LogP contribution < -0.4 is 11.1 Å². The minimum Gasteiger partial charge on any atom is -0.347 e.